The molecule has 2 aliphatic rings. The van der Waals surface area contributed by atoms with Crippen molar-refractivity contribution in [3.05, 3.63) is 60.0 Å². The molecule has 1 atom stereocenters. The summed E-state index contributed by atoms with van der Waals surface area (Å²) in [4.78, 5) is 30.9. The Kier molecular flexibility index (Phi) is 7.76. The maximum atomic E-state index is 12.8. The normalized spacial score (nSPS) is 18.1. The first-order chi connectivity index (χ1) is 17.2. The first-order valence-electron chi connectivity index (χ1n) is 11.9. The standard InChI is InChI=1S/C23H27N5O.C2HF3O2/c29-22(15-18-7-2-1-3-8-18)27-14-6-9-19(16-27)23-24-21-11-10-20(17-28(21)25-23)26-12-4-5-13-26;3-2(4,5)1(6)7/h1-3,7-8,10-11,17,19H,4-6,9,12-16H2;(H,6,7). The lowest BCUT2D eigenvalue weighted by atomic mass is 9.97. The molecule has 36 heavy (non-hydrogen) atoms. The number of aromatic nitrogens is 3. The van der Waals surface area contributed by atoms with E-state index in [0.717, 1.165) is 49.5 Å². The minimum Gasteiger partial charge on any atom is -0.475 e. The molecule has 2 saturated heterocycles. The van der Waals surface area contributed by atoms with Crippen molar-refractivity contribution < 1.29 is 27.9 Å². The highest BCUT2D eigenvalue weighted by atomic mass is 19.4. The van der Waals surface area contributed by atoms with E-state index in [1.165, 1.54) is 18.5 Å². The van der Waals surface area contributed by atoms with Crippen LogP contribution < -0.4 is 4.90 Å². The van der Waals surface area contributed by atoms with Gasteiger partial charge in [0.1, 0.15) is 0 Å². The van der Waals surface area contributed by atoms with Gasteiger partial charge in [-0.3, -0.25) is 4.79 Å². The van der Waals surface area contributed by atoms with Crippen molar-refractivity contribution in [3.63, 3.8) is 0 Å². The average molecular weight is 504 g/mol. The molecular formula is C25H28F3N5O3. The lowest BCUT2D eigenvalue weighted by molar-refractivity contribution is -0.192. The summed E-state index contributed by atoms with van der Waals surface area (Å²) in [5.41, 5.74) is 3.17. The van der Waals surface area contributed by atoms with Crippen LogP contribution in [0.15, 0.2) is 48.7 Å². The lowest BCUT2D eigenvalue weighted by Crippen LogP contribution is -2.40. The second-order valence-electron chi connectivity index (χ2n) is 9.00. The number of benzene rings is 1. The van der Waals surface area contributed by atoms with Gasteiger partial charge in [-0.15, -0.1) is 0 Å². The number of rotatable bonds is 4. The summed E-state index contributed by atoms with van der Waals surface area (Å²) in [6.45, 7) is 3.78. The monoisotopic (exact) mass is 503 g/mol. The van der Waals surface area contributed by atoms with Crippen molar-refractivity contribution in [1.29, 1.82) is 0 Å². The number of hydrogen-bond acceptors (Lipinski definition) is 5. The SMILES string of the molecule is O=C(Cc1ccccc1)N1CCCC(c2nc3ccc(N4CCCC4)cn3n2)C1.O=C(O)C(F)(F)F. The molecular weight excluding hydrogens is 475 g/mol. The third-order valence-electron chi connectivity index (χ3n) is 6.38. The number of halogens is 3. The van der Waals surface area contributed by atoms with Crippen LogP contribution in [0, 0.1) is 0 Å². The molecule has 192 valence electrons. The molecule has 11 heteroatoms. The van der Waals surface area contributed by atoms with E-state index in [0.29, 0.717) is 13.0 Å². The number of piperidine rings is 1. The van der Waals surface area contributed by atoms with Gasteiger partial charge in [-0.05, 0) is 43.4 Å². The van der Waals surface area contributed by atoms with Crippen LogP contribution in [0.2, 0.25) is 0 Å². The van der Waals surface area contributed by atoms with E-state index in [1.807, 2.05) is 39.7 Å². The number of nitrogens with zero attached hydrogens (tertiary/aromatic N) is 5. The Bertz CT molecular complexity index is 1190. The van der Waals surface area contributed by atoms with E-state index < -0.39 is 12.1 Å². The Hall–Kier alpha value is -3.63. The molecule has 2 aliphatic heterocycles. The predicted octanol–water partition coefficient (Wildman–Crippen LogP) is 3.91. The van der Waals surface area contributed by atoms with Crippen LogP contribution in [0.4, 0.5) is 18.9 Å². The first-order valence-corrected chi connectivity index (χ1v) is 11.9. The molecule has 0 saturated carbocycles. The van der Waals surface area contributed by atoms with Crippen LogP contribution in [-0.4, -0.2) is 68.8 Å². The average Bonchev–Trinajstić information content (AvgIpc) is 3.54. The molecule has 1 unspecified atom stereocenters. The van der Waals surface area contributed by atoms with Crippen LogP contribution in [0.5, 0.6) is 0 Å². The summed E-state index contributed by atoms with van der Waals surface area (Å²) in [7, 11) is 0. The van der Waals surface area contributed by atoms with Crippen LogP contribution >= 0.6 is 0 Å². The largest absolute Gasteiger partial charge is 0.490 e. The van der Waals surface area contributed by atoms with Gasteiger partial charge in [0.15, 0.2) is 11.5 Å². The van der Waals surface area contributed by atoms with Gasteiger partial charge in [0.25, 0.3) is 0 Å². The second-order valence-corrected chi connectivity index (χ2v) is 9.00. The third kappa shape index (κ3) is 6.32. The van der Waals surface area contributed by atoms with Crippen molar-refractivity contribution >= 4 is 23.2 Å². The number of likely N-dealkylation sites (tertiary alicyclic amines) is 1. The summed E-state index contributed by atoms with van der Waals surface area (Å²) in [5, 5.41) is 11.9. The van der Waals surface area contributed by atoms with E-state index in [-0.39, 0.29) is 11.8 Å². The van der Waals surface area contributed by atoms with Crippen LogP contribution in [0.3, 0.4) is 0 Å². The molecule has 5 rings (SSSR count). The smallest absolute Gasteiger partial charge is 0.475 e. The van der Waals surface area contributed by atoms with Crippen molar-refractivity contribution in [2.24, 2.45) is 0 Å². The van der Waals surface area contributed by atoms with Gasteiger partial charge in [0.05, 0.1) is 18.3 Å². The predicted molar refractivity (Wildman–Crippen MR) is 127 cm³/mol. The van der Waals surface area contributed by atoms with E-state index >= 15 is 0 Å². The minimum atomic E-state index is -5.08. The van der Waals surface area contributed by atoms with E-state index in [4.69, 9.17) is 20.0 Å². The number of aliphatic carboxylic acids is 1. The highest BCUT2D eigenvalue weighted by Gasteiger charge is 2.38. The van der Waals surface area contributed by atoms with E-state index in [1.54, 1.807) is 0 Å². The number of alkyl halides is 3. The van der Waals surface area contributed by atoms with Crippen LogP contribution in [0.25, 0.3) is 5.65 Å². The summed E-state index contributed by atoms with van der Waals surface area (Å²) in [6, 6.07) is 14.2. The molecule has 2 fully saturated rings. The van der Waals surface area contributed by atoms with E-state index in [2.05, 4.69) is 23.2 Å². The highest BCUT2D eigenvalue weighted by molar-refractivity contribution is 5.79. The Morgan fingerprint density at radius 3 is 2.36 bits per heavy atom. The molecule has 0 radical (unpaired) electrons. The van der Waals surface area contributed by atoms with Crippen LogP contribution in [0.1, 0.15) is 43.0 Å². The number of pyridine rings is 1. The number of carbonyl (C=O) groups is 2. The first kappa shape index (κ1) is 25.5. The number of amides is 1. The molecule has 4 heterocycles. The maximum Gasteiger partial charge on any atom is 0.490 e. The molecule has 3 aromatic rings. The quantitative estimate of drug-likeness (QED) is 0.581. The topological polar surface area (TPSA) is 91.0 Å². The Morgan fingerprint density at radius 1 is 1.00 bits per heavy atom. The van der Waals surface area contributed by atoms with Gasteiger partial charge in [0.2, 0.25) is 5.91 Å². The molecule has 0 spiro atoms. The molecule has 0 aliphatic carbocycles. The molecule has 0 bridgehead atoms. The van der Waals surface area contributed by atoms with Crippen molar-refractivity contribution in [3.8, 4) is 0 Å². The third-order valence-corrected chi connectivity index (χ3v) is 6.38. The number of hydrogen-bond donors (Lipinski definition) is 1. The molecule has 1 amide bonds. The number of anilines is 1. The van der Waals surface area contributed by atoms with Gasteiger partial charge >= 0.3 is 12.1 Å². The van der Waals surface area contributed by atoms with Gasteiger partial charge in [-0.1, -0.05) is 30.3 Å². The van der Waals surface area contributed by atoms with Gasteiger partial charge in [-0.25, -0.2) is 14.3 Å². The zero-order valence-corrected chi connectivity index (χ0v) is 19.7. The van der Waals surface area contributed by atoms with E-state index in [9.17, 15) is 18.0 Å². The fraction of sp³-hybridized carbons (Fsp3) is 0.440. The zero-order valence-electron chi connectivity index (χ0n) is 19.7. The molecule has 8 nitrogen and oxygen atoms in total. The number of carboxylic acids is 1. The molecule has 1 aromatic carbocycles. The fourth-order valence-electron chi connectivity index (χ4n) is 4.52. The van der Waals surface area contributed by atoms with Gasteiger partial charge in [-0.2, -0.15) is 18.3 Å². The Morgan fingerprint density at radius 2 is 1.69 bits per heavy atom. The Labute approximate surface area is 206 Å². The summed E-state index contributed by atoms with van der Waals surface area (Å²) >= 11 is 0. The highest BCUT2D eigenvalue weighted by Crippen LogP contribution is 2.27. The van der Waals surface area contributed by atoms with Crippen molar-refractivity contribution in [2.45, 2.75) is 44.2 Å². The summed E-state index contributed by atoms with van der Waals surface area (Å²) in [6.07, 6.45) is 2.03. The van der Waals surface area contributed by atoms with Gasteiger partial charge < -0.3 is 14.9 Å². The van der Waals surface area contributed by atoms with Crippen molar-refractivity contribution in [2.75, 3.05) is 31.1 Å². The second kappa shape index (κ2) is 11.0. The summed E-state index contributed by atoms with van der Waals surface area (Å²) in [5.74, 6) is -1.49. The Balaban J connectivity index is 0.000000384. The van der Waals surface area contributed by atoms with Crippen LogP contribution in [-0.2, 0) is 16.0 Å². The number of carboxylic acid groups (broad SMARTS) is 1. The fourth-order valence-corrected chi connectivity index (χ4v) is 4.52. The zero-order chi connectivity index (χ0) is 25.7. The lowest BCUT2D eigenvalue weighted by Gasteiger charge is -2.31. The molecule has 2 aromatic heterocycles. The number of carbonyl (C=O) groups excluding carboxylic acids is 1. The number of fused-ring (bicyclic) bond motifs is 1. The summed E-state index contributed by atoms with van der Waals surface area (Å²) < 4.78 is 33.6. The van der Waals surface area contributed by atoms with Gasteiger partial charge in [0, 0.05) is 32.1 Å². The molecule has 1 N–H and O–H groups in total. The maximum absolute atomic E-state index is 12.8. The van der Waals surface area contributed by atoms with Crippen molar-refractivity contribution in [1.82, 2.24) is 19.5 Å². The minimum absolute atomic E-state index is 0.195.